The number of guanidine groups is 1. The fourth-order valence-corrected chi connectivity index (χ4v) is 3.43. The van der Waals surface area contributed by atoms with Gasteiger partial charge in [-0.05, 0) is 51.7 Å². The first kappa shape index (κ1) is 25.0. The van der Waals surface area contributed by atoms with Gasteiger partial charge in [0.15, 0.2) is 5.96 Å². The molecule has 1 aliphatic heterocycles. The molecule has 5 nitrogen and oxygen atoms in total. The van der Waals surface area contributed by atoms with Crippen molar-refractivity contribution in [3.05, 3.63) is 30.3 Å². The van der Waals surface area contributed by atoms with Crippen molar-refractivity contribution >= 4 is 35.6 Å². The molecule has 0 aromatic heterocycles. The lowest BCUT2D eigenvalue weighted by molar-refractivity contribution is 0.167. The summed E-state index contributed by atoms with van der Waals surface area (Å²) in [6.07, 6.45) is 2.36. The molecule has 1 unspecified atom stereocenters. The smallest absolute Gasteiger partial charge is 0.191 e. The quantitative estimate of drug-likeness (QED) is 0.285. The van der Waals surface area contributed by atoms with Gasteiger partial charge >= 0.3 is 0 Å². The second-order valence-corrected chi connectivity index (χ2v) is 8.13. The van der Waals surface area contributed by atoms with Gasteiger partial charge in [-0.25, -0.2) is 0 Å². The highest BCUT2D eigenvalue weighted by Gasteiger charge is 2.21. The van der Waals surface area contributed by atoms with Gasteiger partial charge in [-0.3, -0.25) is 4.99 Å². The molecule has 1 atom stereocenters. The number of nitrogens with zero attached hydrogens (tertiary/aromatic N) is 2. The SMILES string of the molecule is CCNC(=NCC(Nc1ccccc1)C(C)C)NC1CCN(C(C)C)CC1.I. The van der Waals surface area contributed by atoms with Gasteiger partial charge in [-0.1, -0.05) is 32.0 Å². The van der Waals surface area contributed by atoms with E-state index in [-0.39, 0.29) is 24.0 Å². The van der Waals surface area contributed by atoms with Gasteiger partial charge in [-0.15, -0.1) is 24.0 Å². The monoisotopic (exact) mass is 501 g/mol. The molecule has 3 N–H and O–H groups in total. The summed E-state index contributed by atoms with van der Waals surface area (Å²) in [6, 6.07) is 11.9. The number of aliphatic imine (C=N–C) groups is 1. The molecule has 1 saturated heterocycles. The van der Waals surface area contributed by atoms with Gasteiger partial charge in [0.1, 0.15) is 0 Å². The Morgan fingerprint density at radius 2 is 1.75 bits per heavy atom. The third-order valence-corrected chi connectivity index (χ3v) is 5.32. The molecular weight excluding hydrogens is 461 g/mol. The molecule has 1 aromatic rings. The van der Waals surface area contributed by atoms with Crippen LogP contribution in [0.3, 0.4) is 0 Å². The van der Waals surface area contributed by atoms with Crippen molar-refractivity contribution in [1.29, 1.82) is 0 Å². The summed E-state index contributed by atoms with van der Waals surface area (Å²) >= 11 is 0. The molecule has 0 radical (unpaired) electrons. The predicted octanol–water partition coefficient (Wildman–Crippen LogP) is 4.17. The first-order chi connectivity index (χ1) is 13.0. The molecule has 0 bridgehead atoms. The van der Waals surface area contributed by atoms with E-state index in [2.05, 4.69) is 79.7 Å². The molecule has 0 aliphatic carbocycles. The van der Waals surface area contributed by atoms with E-state index in [1.165, 1.54) is 25.9 Å². The number of halogens is 1. The number of anilines is 1. The van der Waals surface area contributed by atoms with E-state index in [0.717, 1.165) is 24.7 Å². The van der Waals surface area contributed by atoms with Crippen molar-refractivity contribution in [1.82, 2.24) is 15.5 Å². The molecule has 28 heavy (non-hydrogen) atoms. The normalized spacial score (nSPS) is 17.3. The summed E-state index contributed by atoms with van der Waals surface area (Å²) in [6.45, 7) is 15.2. The van der Waals surface area contributed by atoms with Crippen LogP contribution >= 0.6 is 24.0 Å². The molecule has 0 amide bonds. The molecule has 1 heterocycles. The third-order valence-electron chi connectivity index (χ3n) is 5.32. The number of rotatable bonds is 8. The summed E-state index contributed by atoms with van der Waals surface area (Å²) in [4.78, 5) is 7.45. The molecular formula is C22H40IN5. The molecule has 1 aliphatic rings. The summed E-state index contributed by atoms with van der Waals surface area (Å²) in [7, 11) is 0. The summed E-state index contributed by atoms with van der Waals surface area (Å²) in [5, 5.41) is 10.7. The average Bonchev–Trinajstić information content (AvgIpc) is 2.66. The minimum atomic E-state index is 0. The number of nitrogens with one attached hydrogen (secondary N) is 3. The third kappa shape index (κ3) is 8.55. The zero-order valence-electron chi connectivity index (χ0n) is 18.2. The fraction of sp³-hybridized carbons (Fsp3) is 0.682. The fourth-order valence-electron chi connectivity index (χ4n) is 3.43. The van der Waals surface area contributed by atoms with Crippen LogP contribution in [0.1, 0.15) is 47.5 Å². The van der Waals surface area contributed by atoms with Gasteiger partial charge in [0, 0.05) is 43.4 Å². The van der Waals surface area contributed by atoms with Crippen molar-refractivity contribution in [3.8, 4) is 0 Å². The van der Waals surface area contributed by atoms with E-state index in [9.17, 15) is 0 Å². The van der Waals surface area contributed by atoms with Gasteiger partial charge in [-0.2, -0.15) is 0 Å². The Morgan fingerprint density at radius 3 is 2.29 bits per heavy atom. The highest BCUT2D eigenvalue weighted by molar-refractivity contribution is 14.0. The van der Waals surface area contributed by atoms with Gasteiger partial charge < -0.3 is 20.9 Å². The first-order valence-electron chi connectivity index (χ1n) is 10.6. The van der Waals surface area contributed by atoms with Gasteiger partial charge in [0.25, 0.3) is 0 Å². The Labute approximate surface area is 189 Å². The lowest BCUT2D eigenvalue weighted by Crippen LogP contribution is -2.50. The Balaban J connectivity index is 0.00000392. The largest absolute Gasteiger partial charge is 0.380 e. The second-order valence-electron chi connectivity index (χ2n) is 8.13. The molecule has 0 spiro atoms. The van der Waals surface area contributed by atoms with Gasteiger partial charge in [0.2, 0.25) is 0 Å². The molecule has 0 saturated carbocycles. The average molecular weight is 502 g/mol. The number of benzene rings is 1. The van der Waals surface area contributed by atoms with E-state index in [4.69, 9.17) is 4.99 Å². The van der Waals surface area contributed by atoms with Crippen LogP contribution < -0.4 is 16.0 Å². The lowest BCUT2D eigenvalue weighted by Gasteiger charge is -2.35. The molecule has 160 valence electrons. The summed E-state index contributed by atoms with van der Waals surface area (Å²) < 4.78 is 0. The van der Waals surface area contributed by atoms with Crippen molar-refractivity contribution in [2.45, 2.75) is 65.6 Å². The zero-order chi connectivity index (χ0) is 19.6. The van der Waals surface area contributed by atoms with Crippen LogP contribution in [-0.4, -0.2) is 55.2 Å². The topological polar surface area (TPSA) is 51.7 Å². The highest BCUT2D eigenvalue weighted by atomic mass is 127. The Kier molecular flexibility index (Phi) is 11.8. The Hall–Kier alpha value is -1.02. The molecule has 2 rings (SSSR count). The zero-order valence-corrected chi connectivity index (χ0v) is 20.6. The van der Waals surface area contributed by atoms with Crippen molar-refractivity contribution in [2.24, 2.45) is 10.9 Å². The minimum absolute atomic E-state index is 0. The first-order valence-corrected chi connectivity index (χ1v) is 10.6. The van der Waals surface area contributed by atoms with Crippen molar-refractivity contribution in [2.75, 3.05) is 31.5 Å². The maximum atomic E-state index is 4.90. The summed E-state index contributed by atoms with van der Waals surface area (Å²) in [5.41, 5.74) is 1.16. The maximum Gasteiger partial charge on any atom is 0.191 e. The number of para-hydroxylation sites is 1. The highest BCUT2D eigenvalue weighted by Crippen LogP contribution is 2.14. The molecule has 6 heteroatoms. The summed E-state index contributed by atoms with van der Waals surface area (Å²) in [5.74, 6) is 1.45. The van der Waals surface area contributed by atoms with E-state index in [1.54, 1.807) is 0 Å². The number of hydrogen-bond acceptors (Lipinski definition) is 3. The van der Waals surface area contributed by atoms with E-state index in [0.29, 0.717) is 24.0 Å². The number of hydrogen-bond donors (Lipinski definition) is 3. The van der Waals surface area contributed by atoms with Crippen LogP contribution in [0.2, 0.25) is 0 Å². The Bertz CT molecular complexity index is 553. The Morgan fingerprint density at radius 1 is 1.11 bits per heavy atom. The number of likely N-dealkylation sites (tertiary alicyclic amines) is 1. The van der Waals surface area contributed by atoms with Crippen LogP contribution in [-0.2, 0) is 0 Å². The maximum absolute atomic E-state index is 4.90. The van der Waals surface area contributed by atoms with E-state index in [1.807, 2.05) is 6.07 Å². The van der Waals surface area contributed by atoms with Crippen LogP contribution in [0, 0.1) is 5.92 Å². The van der Waals surface area contributed by atoms with Crippen molar-refractivity contribution < 1.29 is 0 Å². The van der Waals surface area contributed by atoms with Crippen LogP contribution in [0.4, 0.5) is 5.69 Å². The van der Waals surface area contributed by atoms with Crippen molar-refractivity contribution in [3.63, 3.8) is 0 Å². The van der Waals surface area contributed by atoms with Gasteiger partial charge in [0.05, 0.1) is 6.54 Å². The molecule has 1 aromatic carbocycles. The van der Waals surface area contributed by atoms with Crippen LogP contribution in [0.25, 0.3) is 0 Å². The van der Waals surface area contributed by atoms with Crippen LogP contribution in [0.5, 0.6) is 0 Å². The number of piperidine rings is 1. The van der Waals surface area contributed by atoms with Crippen LogP contribution in [0.15, 0.2) is 35.3 Å². The predicted molar refractivity (Wildman–Crippen MR) is 133 cm³/mol. The lowest BCUT2D eigenvalue weighted by atomic mass is 10.0. The van der Waals surface area contributed by atoms with E-state index >= 15 is 0 Å². The molecule has 1 fully saturated rings. The minimum Gasteiger partial charge on any atom is -0.380 e. The van der Waals surface area contributed by atoms with E-state index < -0.39 is 0 Å². The second kappa shape index (κ2) is 13.2. The standard InChI is InChI=1S/C22H39N5.HI/c1-6-23-22(26-20-12-14-27(15-13-20)18(4)5)24-16-21(17(2)3)25-19-10-8-7-9-11-19;/h7-11,17-18,20-21,25H,6,12-16H2,1-5H3,(H2,23,24,26);1H.